The van der Waals surface area contributed by atoms with Gasteiger partial charge in [-0.05, 0) is 68.7 Å². The van der Waals surface area contributed by atoms with Crippen LogP contribution in [0.3, 0.4) is 0 Å². The van der Waals surface area contributed by atoms with Crippen molar-refractivity contribution in [3.63, 3.8) is 0 Å². The van der Waals surface area contributed by atoms with Crippen LogP contribution in [-0.2, 0) is 16.1 Å². The molecule has 7 heteroatoms. The number of likely N-dealkylation sites (N-methyl/N-ethyl adjacent to an activating group) is 1. The third-order valence-corrected chi connectivity index (χ3v) is 5.37. The van der Waals surface area contributed by atoms with E-state index in [2.05, 4.69) is 5.32 Å². The van der Waals surface area contributed by atoms with Gasteiger partial charge < -0.3 is 19.7 Å². The van der Waals surface area contributed by atoms with Gasteiger partial charge in [0, 0.05) is 18.1 Å². The van der Waals surface area contributed by atoms with Crippen LogP contribution in [0.2, 0.25) is 5.02 Å². The van der Waals surface area contributed by atoms with Gasteiger partial charge in [0.05, 0.1) is 7.11 Å². The molecule has 162 valence electrons. The molecule has 2 aromatic carbocycles. The van der Waals surface area contributed by atoms with E-state index in [4.69, 9.17) is 21.1 Å². The zero-order valence-electron chi connectivity index (χ0n) is 18.1. The molecule has 0 fully saturated rings. The number of methoxy groups -OCH3 is 1. The van der Waals surface area contributed by atoms with Crippen molar-refractivity contribution >= 4 is 23.4 Å². The molecule has 0 aliphatic rings. The third kappa shape index (κ3) is 6.13. The average Bonchev–Trinajstić information content (AvgIpc) is 2.73. The first-order chi connectivity index (χ1) is 14.3. The maximum Gasteiger partial charge on any atom is 0.261 e. The van der Waals surface area contributed by atoms with E-state index in [-0.39, 0.29) is 25.0 Å². The number of carbonyl (C=O) groups excluding carboxylic acids is 2. The first-order valence-electron chi connectivity index (χ1n) is 9.86. The number of hydrogen-bond donors (Lipinski definition) is 1. The summed E-state index contributed by atoms with van der Waals surface area (Å²) in [5.74, 6) is 0.748. The molecule has 0 heterocycles. The molecule has 1 N–H and O–H groups in total. The number of ether oxygens (including phenoxy) is 2. The number of aryl methyl sites for hydroxylation is 2. The van der Waals surface area contributed by atoms with E-state index in [0.29, 0.717) is 23.1 Å². The monoisotopic (exact) mass is 432 g/mol. The summed E-state index contributed by atoms with van der Waals surface area (Å²) in [6.45, 7) is 7.88. The molecule has 0 radical (unpaired) electrons. The van der Waals surface area contributed by atoms with Gasteiger partial charge >= 0.3 is 0 Å². The lowest BCUT2D eigenvalue weighted by Gasteiger charge is -2.28. The molecule has 6 nitrogen and oxygen atoms in total. The molecule has 0 unspecified atom stereocenters. The van der Waals surface area contributed by atoms with Gasteiger partial charge in [0.2, 0.25) is 5.91 Å². The van der Waals surface area contributed by atoms with Crippen molar-refractivity contribution in [2.45, 2.75) is 40.3 Å². The zero-order valence-corrected chi connectivity index (χ0v) is 18.9. The smallest absolute Gasteiger partial charge is 0.261 e. The zero-order chi connectivity index (χ0) is 22.3. The fourth-order valence-corrected chi connectivity index (χ4v) is 3.20. The minimum Gasteiger partial charge on any atom is -0.497 e. The Kier molecular flexibility index (Phi) is 8.54. The second-order valence-corrected chi connectivity index (χ2v) is 7.48. The van der Waals surface area contributed by atoms with Crippen molar-refractivity contribution in [3.8, 4) is 11.5 Å². The highest BCUT2D eigenvalue weighted by Gasteiger charge is 2.26. The quantitative estimate of drug-likeness (QED) is 0.652. The molecule has 2 amide bonds. The lowest BCUT2D eigenvalue weighted by atomic mass is 10.1. The lowest BCUT2D eigenvalue weighted by Crippen LogP contribution is -2.49. The van der Waals surface area contributed by atoms with Gasteiger partial charge in [-0.25, -0.2) is 0 Å². The molecule has 0 bridgehead atoms. The topological polar surface area (TPSA) is 67.9 Å². The Morgan fingerprint density at radius 2 is 1.80 bits per heavy atom. The largest absolute Gasteiger partial charge is 0.497 e. The molecule has 2 aromatic rings. The third-order valence-electron chi connectivity index (χ3n) is 4.78. The first-order valence-corrected chi connectivity index (χ1v) is 10.2. The number of hydrogen-bond acceptors (Lipinski definition) is 4. The van der Waals surface area contributed by atoms with Crippen molar-refractivity contribution in [2.75, 3.05) is 20.3 Å². The molecular weight excluding hydrogens is 404 g/mol. The minimum atomic E-state index is -0.652. The highest BCUT2D eigenvalue weighted by atomic mass is 35.5. The molecule has 0 aromatic heterocycles. The number of nitrogens with one attached hydrogen (secondary N) is 1. The normalized spacial score (nSPS) is 11.5. The van der Waals surface area contributed by atoms with Crippen LogP contribution in [0.15, 0.2) is 36.4 Å². The Morgan fingerprint density at radius 1 is 1.13 bits per heavy atom. The van der Waals surface area contributed by atoms with Crippen molar-refractivity contribution in [1.82, 2.24) is 10.2 Å². The molecular formula is C23H29ClN2O4. The maximum absolute atomic E-state index is 13.0. The average molecular weight is 433 g/mol. The van der Waals surface area contributed by atoms with E-state index in [0.717, 1.165) is 16.7 Å². The molecule has 0 saturated heterocycles. The second-order valence-electron chi connectivity index (χ2n) is 7.10. The van der Waals surface area contributed by atoms with Gasteiger partial charge in [-0.15, -0.1) is 0 Å². The standard InChI is InChI=1S/C23H29ClN2O4/c1-6-25-23(28)17(4)26(13-18-8-7-9-19(12-18)29-5)21(27)14-30-20-10-15(2)22(24)16(3)11-20/h7-12,17H,6,13-14H2,1-5H3,(H,25,28)/t17-/m0/s1. The van der Waals surface area contributed by atoms with Crippen molar-refractivity contribution in [1.29, 1.82) is 0 Å². The molecule has 0 aliphatic heterocycles. The summed E-state index contributed by atoms with van der Waals surface area (Å²) < 4.78 is 11.0. The molecule has 30 heavy (non-hydrogen) atoms. The number of carbonyl (C=O) groups is 2. The van der Waals surface area contributed by atoms with Crippen LogP contribution in [0.25, 0.3) is 0 Å². The Hall–Kier alpha value is -2.73. The number of halogens is 1. The maximum atomic E-state index is 13.0. The van der Waals surface area contributed by atoms with Crippen molar-refractivity contribution in [3.05, 3.63) is 58.1 Å². The Bertz CT molecular complexity index is 878. The van der Waals surface area contributed by atoms with Crippen LogP contribution in [0.4, 0.5) is 0 Å². The SMILES string of the molecule is CCNC(=O)[C@H](C)N(Cc1cccc(OC)c1)C(=O)COc1cc(C)c(Cl)c(C)c1. The van der Waals surface area contributed by atoms with Gasteiger partial charge in [-0.2, -0.15) is 0 Å². The van der Waals surface area contributed by atoms with Crippen LogP contribution in [0, 0.1) is 13.8 Å². The first kappa shape index (κ1) is 23.5. The van der Waals surface area contributed by atoms with E-state index in [9.17, 15) is 9.59 Å². The minimum absolute atomic E-state index is 0.186. The number of benzene rings is 2. The predicted octanol–water partition coefficient (Wildman–Crippen LogP) is 3.90. The number of nitrogens with zero attached hydrogens (tertiary/aromatic N) is 1. The summed E-state index contributed by atoms with van der Waals surface area (Å²) in [4.78, 5) is 27.0. The van der Waals surface area contributed by atoms with Gasteiger partial charge in [-0.1, -0.05) is 23.7 Å². The van der Waals surface area contributed by atoms with Gasteiger partial charge in [0.25, 0.3) is 5.91 Å². The molecule has 0 aliphatic carbocycles. The predicted molar refractivity (Wildman–Crippen MR) is 118 cm³/mol. The number of amides is 2. The van der Waals surface area contributed by atoms with Gasteiger partial charge in [0.1, 0.15) is 17.5 Å². The summed E-state index contributed by atoms with van der Waals surface area (Å²) in [5.41, 5.74) is 2.61. The summed E-state index contributed by atoms with van der Waals surface area (Å²) in [6.07, 6.45) is 0. The summed E-state index contributed by atoms with van der Waals surface area (Å²) in [6, 6.07) is 10.4. The van der Waals surface area contributed by atoms with E-state index >= 15 is 0 Å². The highest BCUT2D eigenvalue weighted by molar-refractivity contribution is 6.32. The van der Waals surface area contributed by atoms with Crippen LogP contribution in [-0.4, -0.2) is 43.0 Å². The van der Waals surface area contributed by atoms with E-state index in [1.165, 1.54) is 4.90 Å². The summed E-state index contributed by atoms with van der Waals surface area (Å²) in [5, 5.41) is 3.45. The number of rotatable bonds is 9. The molecule has 2 rings (SSSR count). The molecule has 1 atom stereocenters. The summed E-state index contributed by atoms with van der Waals surface area (Å²) >= 11 is 6.20. The fourth-order valence-electron chi connectivity index (χ4n) is 3.09. The van der Waals surface area contributed by atoms with Gasteiger partial charge in [-0.3, -0.25) is 9.59 Å². The van der Waals surface area contributed by atoms with Crippen LogP contribution >= 0.6 is 11.6 Å². The van der Waals surface area contributed by atoms with E-state index in [1.807, 2.05) is 45.0 Å². The Balaban J connectivity index is 2.19. The molecule has 0 saturated carbocycles. The summed E-state index contributed by atoms with van der Waals surface area (Å²) in [7, 11) is 1.59. The highest BCUT2D eigenvalue weighted by Crippen LogP contribution is 2.26. The van der Waals surface area contributed by atoms with Crippen LogP contribution < -0.4 is 14.8 Å². The van der Waals surface area contributed by atoms with Crippen molar-refractivity contribution < 1.29 is 19.1 Å². The van der Waals surface area contributed by atoms with Gasteiger partial charge in [0.15, 0.2) is 6.61 Å². The van der Waals surface area contributed by atoms with E-state index < -0.39 is 6.04 Å². The fraction of sp³-hybridized carbons (Fsp3) is 0.391. The van der Waals surface area contributed by atoms with Crippen molar-refractivity contribution in [2.24, 2.45) is 0 Å². The Labute approximate surface area is 183 Å². The van der Waals surface area contributed by atoms with Crippen LogP contribution in [0.5, 0.6) is 11.5 Å². The van der Waals surface area contributed by atoms with Crippen LogP contribution in [0.1, 0.15) is 30.5 Å². The second kappa shape index (κ2) is 10.9. The lowest BCUT2D eigenvalue weighted by molar-refractivity contribution is -0.142. The Morgan fingerprint density at radius 3 is 2.40 bits per heavy atom. The molecule has 0 spiro atoms. The van der Waals surface area contributed by atoms with E-state index in [1.54, 1.807) is 26.2 Å².